The van der Waals surface area contributed by atoms with Gasteiger partial charge in [-0.2, -0.15) is 0 Å². The Bertz CT molecular complexity index is 363. The first-order chi connectivity index (χ1) is 9.08. The predicted octanol–water partition coefficient (Wildman–Crippen LogP) is 3.22. The molecule has 0 aromatic rings. The minimum Gasteiger partial charge on any atom is -0.481 e. The Hall–Kier alpha value is -1.09. The number of nitrogens with zero attached hydrogens (tertiary/aromatic N) is 1. The average molecular weight is 263 g/mol. The van der Waals surface area contributed by atoms with Crippen molar-refractivity contribution < 1.29 is 9.90 Å². The first-order valence-electron chi connectivity index (χ1n) is 7.39. The molecule has 2 heterocycles. The molecule has 2 aliphatic heterocycles. The maximum absolute atomic E-state index is 11.3. The standard InChI is InChI=1S/C16H25NO2/c1-4-11(3)15(5-2)17-13-7-6-8-14(17)10-12(9-13)16(18)19/h4,12-15H,1,3,5-10H2,2H3,(H,18,19). The smallest absolute Gasteiger partial charge is 0.306 e. The molecule has 2 bridgehead atoms. The van der Waals surface area contributed by atoms with Crippen LogP contribution in [0.1, 0.15) is 45.4 Å². The van der Waals surface area contributed by atoms with Gasteiger partial charge in [-0.3, -0.25) is 9.69 Å². The van der Waals surface area contributed by atoms with Crippen molar-refractivity contribution in [2.45, 2.75) is 63.6 Å². The van der Waals surface area contributed by atoms with Crippen LogP contribution in [0.15, 0.2) is 24.8 Å². The molecule has 2 fully saturated rings. The highest BCUT2D eigenvalue weighted by atomic mass is 16.4. The first kappa shape index (κ1) is 14.3. The summed E-state index contributed by atoms with van der Waals surface area (Å²) < 4.78 is 0. The zero-order chi connectivity index (χ0) is 14.0. The summed E-state index contributed by atoms with van der Waals surface area (Å²) in [5, 5.41) is 9.28. The van der Waals surface area contributed by atoms with Crippen LogP contribution < -0.4 is 0 Å². The third kappa shape index (κ3) is 2.76. The summed E-state index contributed by atoms with van der Waals surface area (Å²) in [6.07, 6.45) is 7.96. The van der Waals surface area contributed by atoms with E-state index in [1.54, 1.807) is 0 Å². The SMILES string of the molecule is C=CC(=C)C(CC)N1C2CCCC1CC(C(=O)O)C2. The van der Waals surface area contributed by atoms with Gasteiger partial charge in [-0.25, -0.2) is 0 Å². The Balaban J connectivity index is 2.19. The number of hydrogen-bond donors (Lipinski definition) is 1. The molecule has 0 aromatic carbocycles. The molecule has 3 nitrogen and oxygen atoms in total. The van der Waals surface area contributed by atoms with Crippen LogP contribution in [0.5, 0.6) is 0 Å². The predicted molar refractivity (Wildman–Crippen MR) is 77.0 cm³/mol. The molecule has 3 heteroatoms. The van der Waals surface area contributed by atoms with E-state index in [9.17, 15) is 9.90 Å². The topological polar surface area (TPSA) is 40.5 Å². The van der Waals surface area contributed by atoms with Gasteiger partial charge in [0.1, 0.15) is 0 Å². The Kier molecular flexibility index (Phi) is 4.46. The van der Waals surface area contributed by atoms with Crippen LogP contribution in [0.4, 0.5) is 0 Å². The molecule has 3 atom stereocenters. The van der Waals surface area contributed by atoms with Crippen LogP contribution in [-0.4, -0.2) is 34.1 Å². The molecule has 0 spiro atoms. The van der Waals surface area contributed by atoms with Crippen LogP contribution in [0.25, 0.3) is 0 Å². The van der Waals surface area contributed by atoms with Gasteiger partial charge in [-0.05, 0) is 37.7 Å². The van der Waals surface area contributed by atoms with Gasteiger partial charge in [0.25, 0.3) is 0 Å². The summed E-state index contributed by atoms with van der Waals surface area (Å²) in [5.74, 6) is -0.770. The lowest BCUT2D eigenvalue weighted by Gasteiger charge is -2.51. The van der Waals surface area contributed by atoms with E-state index in [1.165, 1.54) is 6.42 Å². The molecule has 2 saturated heterocycles. The summed E-state index contributed by atoms with van der Waals surface area (Å²) in [4.78, 5) is 13.8. The summed E-state index contributed by atoms with van der Waals surface area (Å²) in [5.41, 5.74) is 1.08. The molecule has 2 aliphatic rings. The number of carbonyl (C=O) groups is 1. The van der Waals surface area contributed by atoms with E-state index in [0.717, 1.165) is 37.7 Å². The van der Waals surface area contributed by atoms with Crippen LogP contribution >= 0.6 is 0 Å². The fourth-order valence-corrected chi connectivity index (χ4v) is 3.93. The molecular formula is C16H25NO2. The molecule has 3 unspecified atom stereocenters. The minimum atomic E-state index is -0.618. The molecule has 2 rings (SSSR count). The normalized spacial score (nSPS) is 32.6. The number of rotatable bonds is 5. The summed E-state index contributed by atoms with van der Waals surface area (Å²) in [6.45, 7) is 10.1. The monoisotopic (exact) mass is 263 g/mol. The van der Waals surface area contributed by atoms with E-state index < -0.39 is 5.97 Å². The first-order valence-corrected chi connectivity index (χ1v) is 7.39. The van der Waals surface area contributed by atoms with Crippen molar-refractivity contribution in [3.63, 3.8) is 0 Å². The lowest BCUT2D eigenvalue weighted by molar-refractivity contribution is -0.146. The third-order valence-electron chi connectivity index (χ3n) is 4.82. The van der Waals surface area contributed by atoms with Crippen molar-refractivity contribution >= 4 is 5.97 Å². The van der Waals surface area contributed by atoms with Crippen molar-refractivity contribution in [2.24, 2.45) is 5.92 Å². The number of hydrogen-bond acceptors (Lipinski definition) is 2. The van der Waals surface area contributed by atoms with Gasteiger partial charge >= 0.3 is 5.97 Å². The molecule has 1 N–H and O–H groups in total. The van der Waals surface area contributed by atoms with Gasteiger partial charge in [0.15, 0.2) is 0 Å². The van der Waals surface area contributed by atoms with Crippen LogP contribution in [0.3, 0.4) is 0 Å². The van der Waals surface area contributed by atoms with Crippen molar-refractivity contribution in [3.8, 4) is 0 Å². The highest BCUT2D eigenvalue weighted by Gasteiger charge is 2.43. The van der Waals surface area contributed by atoms with Gasteiger partial charge in [-0.1, -0.05) is 32.6 Å². The van der Waals surface area contributed by atoms with Crippen LogP contribution in [-0.2, 0) is 4.79 Å². The number of fused-ring (bicyclic) bond motifs is 2. The number of carboxylic acids is 1. The van der Waals surface area contributed by atoms with E-state index in [2.05, 4.69) is 25.0 Å². The molecule has 19 heavy (non-hydrogen) atoms. The maximum atomic E-state index is 11.3. The van der Waals surface area contributed by atoms with E-state index in [0.29, 0.717) is 18.1 Å². The Labute approximate surface area is 116 Å². The minimum absolute atomic E-state index is 0.152. The van der Waals surface area contributed by atoms with E-state index in [4.69, 9.17) is 0 Å². The zero-order valence-corrected chi connectivity index (χ0v) is 11.8. The van der Waals surface area contributed by atoms with Crippen molar-refractivity contribution in [1.82, 2.24) is 4.90 Å². The largest absolute Gasteiger partial charge is 0.481 e. The molecule has 0 aromatic heterocycles. The second kappa shape index (κ2) is 5.91. The molecule has 0 aliphatic carbocycles. The summed E-state index contributed by atoms with van der Waals surface area (Å²) in [7, 11) is 0. The van der Waals surface area contributed by atoms with Crippen LogP contribution in [0.2, 0.25) is 0 Å². The van der Waals surface area contributed by atoms with Gasteiger partial charge in [-0.15, -0.1) is 0 Å². The molecular weight excluding hydrogens is 238 g/mol. The van der Waals surface area contributed by atoms with Crippen molar-refractivity contribution in [2.75, 3.05) is 0 Å². The summed E-state index contributed by atoms with van der Waals surface area (Å²) >= 11 is 0. The van der Waals surface area contributed by atoms with Crippen molar-refractivity contribution in [1.29, 1.82) is 0 Å². The number of carboxylic acid groups (broad SMARTS) is 1. The van der Waals surface area contributed by atoms with Crippen LogP contribution in [0, 0.1) is 5.92 Å². The third-order valence-corrected chi connectivity index (χ3v) is 4.82. The second-order valence-electron chi connectivity index (χ2n) is 5.90. The lowest BCUT2D eigenvalue weighted by atomic mass is 9.76. The molecule has 0 radical (unpaired) electrons. The van der Waals surface area contributed by atoms with Gasteiger partial charge in [0, 0.05) is 18.1 Å². The summed E-state index contributed by atoms with van der Waals surface area (Å²) in [6, 6.07) is 1.16. The molecule has 106 valence electrons. The van der Waals surface area contributed by atoms with Gasteiger partial charge in [0.2, 0.25) is 0 Å². The lowest BCUT2D eigenvalue weighted by Crippen LogP contribution is -2.57. The fourth-order valence-electron chi connectivity index (χ4n) is 3.93. The Morgan fingerprint density at radius 2 is 2.00 bits per heavy atom. The van der Waals surface area contributed by atoms with Crippen molar-refractivity contribution in [3.05, 3.63) is 24.8 Å². The Morgan fingerprint density at radius 3 is 2.42 bits per heavy atom. The van der Waals surface area contributed by atoms with Gasteiger partial charge < -0.3 is 5.11 Å². The average Bonchev–Trinajstić information content (AvgIpc) is 2.38. The zero-order valence-electron chi connectivity index (χ0n) is 11.8. The molecule has 0 saturated carbocycles. The van der Waals surface area contributed by atoms with E-state index in [1.807, 2.05) is 6.08 Å². The van der Waals surface area contributed by atoms with Gasteiger partial charge in [0.05, 0.1) is 5.92 Å². The second-order valence-corrected chi connectivity index (χ2v) is 5.90. The molecule has 0 amide bonds. The van der Waals surface area contributed by atoms with E-state index >= 15 is 0 Å². The fraction of sp³-hybridized carbons (Fsp3) is 0.688. The highest BCUT2D eigenvalue weighted by molar-refractivity contribution is 5.70. The van der Waals surface area contributed by atoms with E-state index in [-0.39, 0.29) is 5.92 Å². The quantitative estimate of drug-likeness (QED) is 0.774. The Morgan fingerprint density at radius 1 is 1.42 bits per heavy atom. The maximum Gasteiger partial charge on any atom is 0.306 e. The number of aliphatic carboxylic acids is 1. The highest BCUT2D eigenvalue weighted by Crippen LogP contribution is 2.40. The number of piperidine rings is 2.